The van der Waals surface area contributed by atoms with Gasteiger partial charge in [0.15, 0.2) is 10.0 Å². The molecule has 7 aromatic carbocycles. The summed E-state index contributed by atoms with van der Waals surface area (Å²) in [5.74, 6) is 0. The van der Waals surface area contributed by atoms with Gasteiger partial charge in [0.05, 0.1) is 31.8 Å². The lowest BCUT2D eigenvalue weighted by molar-refractivity contribution is 1.11. The van der Waals surface area contributed by atoms with Crippen molar-refractivity contribution in [1.82, 2.24) is 19.3 Å². The molecule has 0 aliphatic carbocycles. The zero-order valence-corrected chi connectivity index (χ0v) is 35.0. The fraction of sp³-hybridized carbons (Fsp3) is 0.0189. The van der Waals surface area contributed by atoms with E-state index in [1.54, 1.807) is 34.0 Å². The second kappa shape index (κ2) is 15.4. The Morgan fingerprint density at radius 2 is 0.717 bits per heavy atom. The second-order valence-electron chi connectivity index (χ2n) is 14.7. The standard InChI is InChI=1S/C46H28N4S3.C7H8/c1-5-13-39-35(9-1)36-10-2-6-14-40(36)49(39)31-21-17-29(18-22-31)33-25-27-51-43(33)45-47-48-46(53-45)44-34(26-28-52-44)30-19-23-32(24-20-30)50-41-15-7-3-11-37(41)38-12-4-8-16-42(38)50;1-7-5-3-2-4-6-7/h1-28H;2-6H,1H3. The maximum Gasteiger partial charge on any atom is 0.158 e. The van der Waals surface area contributed by atoms with Crippen LogP contribution in [-0.4, -0.2) is 19.3 Å². The molecule has 0 unspecified atom stereocenters. The minimum Gasteiger partial charge on any atom is -0.309 e. The Hall–Kier alpha value is -6.90. The second-order valence-corrected chi connectivity index (χ2v) is 17.5. The Labute approximate surface area is 359 Å². The zero-order chi connectivity index (χ0) is 40.0. The van der Waals surface area contributed by atoms with Crippen LogP contribution >= 0.6 is 34.0 Å². The first-order chi connectivity index (χ1) is 29.7. The number of para-hydroxylation sites is 4. The molecular formula is C53H36N4S3. The summed E-state index contributed by atoms with van der Waals surface area (Å²) >= 11 is 5.10. The van der Waals surface area contributed by atoms with Crippen molar-refractivity contribution >= 4 is 77.6 Å². The van der Waals surface area contributed by atoms with Gasteiger partial charge in [-0.05, 0) is 89.5 Å². The van der Waals surface area contributed by atoms with Crippen LogP contribution in [0, 0.1) is 6.92 Å². The van der Waals surface area contributed by atoms with Gasteiger partial charge in [-0.1, -0.05) is 144 Å². The van der Waals surface area contributed by atoms with E-state index in [4.69, 9.17) is 10.2 Å². The minimum atomic E-state index is 0.942. The summed E-state index contributed by atoms with van der Waals surface area (Å²) < 4.78 is 4.72. The number of thiophene rings is 2. The van der Waals surface area contributed by atoms with Crippen LogP contribution in [0.5, 0.6) is 0 Å². The Balaban J connectivity index is 0.000000533. The molecule has 0 saturated carbocycles. The fourth-order valence-electron chi connectivity index (χ4n) is 8.33. The van der Waals surface area contributed by atoms with E-state index in [1.807, 2.05) is 18.2 Å². The highest BCUT2D eigenvalue weighted by molar-refractivity contribution is 7.25. The van der Waals surface area contributed by atoms with E-state index >= 15 is 0 Å². The predicted octanol–water partition coefficient (Wildman–Crippen LogP) is 15.5. The number of nitrogens with zero attached hydrogens (tertiary/aromatic N) is 4. The molecule has 7 heteroatoms. The topological polar surface area (TPSA) is 35.6 Å². The van der Waals surface area contributed by atoms with Crippen LogP contribution in [0.15, 0.2) is 199 Å². The summed E-state index contributed by atoms with van der Waals surface area (Å²) in [6.45, 7) is 2.08. The maximum absolute atomic E-state index is 4.75. The Kier molecular flexibility index (Phi) is 9.27. The van der Waals surface area contributed by atoms with Crippen LogP contribution in [0.25, 0.3) is 97.0 Å². The SMILES string of the molecule is Cc1ccccc1.c1ccc2c(c1)c1ccccc1n2-c1ccc(-c2ccsc2-c2nnc(-c3sccc3-c3ccc(-n4c5ccccc5c5ccccc54)cc3)s2)cc1. The van der Waals surface area contributed by atoms with Crippen LogP contribution in [0.4, 0.5) is 0 Å². The zero-order valence-electron chi connectivity index (χ0n) is 32.6. The number of aryl methyl sites for hydroxylation is 1. The van der Waals surface area contributed by atoms with Gasteiger partial charge < -0.3 is 9.13 Å². The van der Waals surface area contributed by atoms with Crippen molar-refractivity contribution < 1.29 is 0 Å². The van der Waals surface area contributed by atoms with Gasteiger partial charge in [-0.2, -0.15) is 0 Å². The summed E-state index contributed by atoms with van der Waals surface area (Å²) in [5.41, 5.74) is 13.2. The molecule has 0 aliphatic heterocycles. The molecule has 60 heavy (non-hydrogen) atoms. The summed E-state index contributed by atoms with van der Waals surface area (Å²) in [5, 5.41) is 20.8. The molecule has 0 bridgehead atoms. The predicted molar refractivity (Wildman–Crippen MR) is 257 cm³/mol. The average molecular weight is 825 g/mol. The van der Waals surface area contributed by atoms with Crippen LogP contribution < -0.4 is 0 Å². The lowest BCUT2D eigenvalue weighted by Crippen LogP contribution is -1.93. The third-order valence-corrected chi connectivity index (χ3v) is 14.2. The molecule has 0 fully saturated rings. The highest BCUT2D eigenvalue weighted by Crippen LogP contribution is 2.44. The molecule has 0 saturated heterocycles. The summed E-state index contributed by atoms with van der Waals surface area (Å²) in [6.07, 6.45) is 0. The van der Waals surface area contributed by atoms with E-state index in [-0.39, 0.29) is 0 Å². The van der Waals surface area contributed by atoms with Gasteiger partial charge in [0.2, 0.25) is 0 Å². The van der Waals surface area contributed by atoms with Gasteiger partial charge >= 0.3 is 0 Å². The molecule has 12 aromatic rings. The summed E-state index contributed by atoms with van der Waals surface area (Å²) in [4.78, 5) is 2.29. The number of benzene rings is 7. The normalized spacial score (nSPS) is 11.4. The van der Waals surface area contributed by atoms with Crippen LogP contribution in [0.2, 0.25) is 0 Å². The Bertz CT molecular complexity index is 3120. The highest BCUT2D eigenvalue weighted by atomic mass is 32.1. The molecule has 5 aromatic heterocycles. The molecule has 0 radical (unpaired) electrons. The van der Waals surface area contributed by atoms with E-state index in [0.717, 1.165) is 31.1 Å². The quantitative estimate of drug-likeness (QED) is 0.167. The van der Waals surface area contributed by atoms with Crippen LogP contribution in [0.3, 0.4) is 0 Å². The molecule has 286 valence electrons. The summed E-state index contributed by atoms with van der Waals surface area (Å²) in [7, 11) is 0. The third-order valence-electron chi connectivity index (χ3n) is 11.1. The Morgan fingerprint density at radius 3 is 1.07 bits per heavy atom. The van der Waals surface area contributed by atoms with E-state index in [2.05, 4.69) is 197 Å². The first-order valence-electron chi connectivity index (χ1n) is 19.9. The highest BCUT2D eigenvalue weighted by Gasteiger charge is 2.19. The van der Waals surface area contributed by atoms with Crippen molar-refractivity contribution in [3.05, 3.63) is 204 Å². The third kappa shape index (κ3) is 6.35. The molecular weight excluding hydrogens is 789 g/mol. The summed E-state index contributed by atoms with van der Waals surface area (Å²) in [6, 6.07) is 67.0. The fourth-order valence-corrected chi connectivity index (χ4v) is 11.2. The van der Waals surface area contributed by atoms with E-state index < -0.39 is 0 Å². The molecule has 0 spiro atoms. The van der Waals surface area contributed by atoms with Crippen molar-refractivity contribution in [2.45, 2.75) is 6.92 Å². The molecule has 0 amide bonds. The Morgan fingerprint density at radius 1 is 0.367 bits per heavy atom. The molecule has 0 aliphatic rings. The molecule has 0 atom stereocenters. The van der Waals surface area contributed by atoms with Gasteiger partial charge in [0.1, 0.15) is 0 Å². The number of aromatic nitrogens is 4. The van der Waals surface area contributed by atoms with E-state index in [1.165, 1.54) is 71.4 Å². The average Bonchev–Trinajstić information content (AvgIpc) is 4.16. The van der Waals surface area contributed by atoms with E-state index in [9.17, 15) is 0 Å². The molecule has 0 N–H and O–H groups in total. The number of hydrogen-bond acceptors (Lipinski definition) is 5. The van der Waals surface area contributed by atoms with Crippen molar-refractivity contribution in [3.63, 3.8) is 0 Å². The largest absolute Gasteiger partial charge is 0.309 e. The number of fused-ring (bicyclic) bond motifs is 6. The van der Waals surface area contributed by atoms with Gasteiger partial charge in [0.25, 0.3) is 0 Å². The van der Waals surface area contributed by atoms with Gasteiger partial charge in [0, 0.05) is 44.0 Å². The van der Waals surface area contributed by atoms with Gasteiger partial charge in [-0.25, -0.2) is 0 Å². The number of hydrogen-bond donors (Lipinski definition) is 0. The van der Waals surface area contributed by atoms with Crippen LogP contribution in [-0.2, 0) is 0 Å². The molecule has 4 nitrogen and oxygen atoms in total. The molecule has 12 rings (SSSR count). The molecule has 5 heterocycles. The first-order valence-corrected chi connectivity index (χ1v) is 22.5. The lowest BCUT2D eigenvalue weighted by atomic mass is 10.1. The van der Waals surface area contributed by atoms with Crippen molar-refractivity contribution in [1.29, 1.82) is 0 Å². The first kappa shape index (κ1) is 36.2. The van der Waals surface area contributed by atoms with Gasteiger partial charge in [-0.15, -0.1) is 32.9 Å². The minimum absolute atomic E-state index is 0.942. The van der Waals surface area contributed by atoms with Crippen molar-refractivity contribution in [2.24, 2.45) is 0 Å². The lowest BCUT2D eigenvalue weighted by Gasteiger charge is -2.09. The smallest absolute Gasteiger partial charge is 0.158 e. The van der Waals surface area contributed by atoms with Crippen molar-refractivity contribution in [2.75, 3.05) is 0 Å². The number of rotatable bonds is 6. The monoisotopic (exact) mass is 824 g/mol. The van der Waals surface area contributed by atoms with Crippen LogP contribution in [0.1, 0.15) is 5.56 Å². The van der Waals surface area contributed by atoms with Gasteiger partial charge in [-0.3, -0.25) is 0 Å². The maximum atomic E-state index is 4.75. The van der Waals surface area contributed by atoms with Crippen molar-refractivity contribution in [3.8, 4) is 53.4 Å². The van der Waals surface area contributed by atoms with E-state index in [0.29, 0.717) is 0 Å².